The summed E-state index contributed by atoms with van der Waals surface area (Å²) in [6, 6.07) is 0. The molecule has 1 nitrogen and oxygen atoms in total. The summed E-state index contributed by atoms with van der Waals surface area (Å²) in [4.78, 5) is 0. The number of fused-ring (bicyclic) bond motifs is 5. The van der Waals surface area contributed by atoms with Crippen molar-refractivity contribution < 1.29 is 0 Å². The van der Waals surface area contributed by atoms with E-state index in [-0.39, 0.29) is 5.54 Å². The van der Waals surface area contributed by atoms with Crippen LogP contribution in [-0.4, -0.2) is 5.54 Å². The maximum absolute atomic E-state index is 7.13. The number of nitrogens with two attached hydrogens (primary N) is 1. The van der Waals surface area contributed by atoms with Crippen molar-refractivity contribution in [3.8, 4) is 0 Å². The van der Waals surface area contributed by atoms with E-state index in [9.17, 15) is 0 Å². The van der Waals surface area contributed by atoms with Crippen molar-refractivity contribution in [3.63, 3.8) is 0 Å². The van der Waals surface area contributed by atoms with E-state index >= 15 is 0 Å². The van der Waals surface area contributed by atoms with Crippen LogP contribution < -0.4 is 5.73 Å². The van der Waals surface area contributed by atoms with Crippen molar-refractivity contribution in [2.24, 2.45) is 34.3 Å². The van der Waals surface area contributed by atoms with Crippen LogP contribution in [0.3, 0.4) is 0 Å². The second kappa shape index (κ2) is 4.24. The average Bonchev–Trinajstić information content (AvgIpc) is 2.74. The molecule has 1 heteroatoms. The topological polar surface area (TPSA) is 26.0 Å². The highest BCUT2D eigenvalue weighted by Gasteiger charge is 2.62. The quantitative estimate of drug-likeness (QED) is 0.669. The lowest BCUT2D eigenvalue weighted by atomic mass is 9.43. The first kappa shape index (κ1) is 13.6. The van der Waals surface area contributed by atoms with Crippen molar-refractivity contribution in [2.75, 3.05) is 0 Å². The number of rotatable bonds is 0. The van der Waals surface area contributed by atoms with Gasteiger partial charge < -0.3 is 5.73 Å². The van der Waals surface area contributed by atoms with Crippen molar-refractivity contribution in [1.29, 1.82) is 0 Å². The van der Waals surface area contributed by atoms with Crippen LogP contribution in [0.15, 0.2) is 0 Å². The molecule has 0 spiro atoms. The van der Waals surface area contributed by atoms with Gasteiger partial charge in [-0.3, -0.25) is 0 Å². The fraction of sp³-hybridized carbons (Fsp3) is 1.00. The SMILES string of the molecule is C[C@@]12CCC[C@@]1(N)[C@@H]1CCC3CCCC[C@]3(C)[C@H]1CC2. The molecular formula is C19H33N. The Balaban J connectivity index is 1.70. The maximum Gasteiger partial charge on any atom is 0.0240 e. The lowest BCUT2D eigenvalue weighted by molar-refractivity contribution is -0.114. The first-order chi connectivity index (χ1) is 9.50. The van der Waals surface area contributed by atoms with E-state index < -0.39 is 0 Å². The zero-order valence-electron chi connectivity index (χ0n) is 13.6. The summed E-state index contributed by atoms with van der Waals surface area (Å²) in [5.74, 6) is 2.80. The van der Waals surface area contributed by atoms with Crippen molar-refractivity contribution >= 4 is 0 Å². The van der Waals surface area contributed by atoms with Gasteiger partial charge >= 0.3 is 0 Å². The Labute approximate surface area is 125 Å². The zero-order chi connectivity index (χ0) is 14.0. The molecule has 0 radical (unpaired) electrons. The molecule has 2 N–H and O–H groups in total. The summed E-state index contributed by atoms with van der Waals surface area (Å²) in [7, 11) is 0. The Hall–Kier alpha value is -0.0400. The average molecular weight is 275 g/mol. The van der Waals surface area contributed by atoms with Crippen LogP contribution in [0.5, 0.6) is 0 Å². The fourth-order valence-corrected chi connectivity index (χ4v) is 7.35. The molecule has 4 saturated carbocycles. The van der Waals surface area contributed by atoms with Gasteiger partial charge in [0.25, 0.3) is 0 Å². The molecule has 0 aromatic heterocycles. The fourth-order valence-electron chi connectivity index (χ4n) is 7.35. The van der Waals surface area contributed by atoms with Crippen molar-refractivity contribution in [1.82, 2.24) is 0 Å². The highest BCUT2D eigenvalue weighted by molar-refractivity contribution is 5.16. The van der Waals surface area contributed by atoms with E-state index in [2.05, 4.69) is 13.8 Å². The van der Waals surface area contributed by atoms with Gasteiger partial charge in [0.15, 0.2) is 0 Å². The van der Waals surface area contributed by atoms with Gasteiger partial charge in [-0.1, -0.05) is 33.1 Å². The highest BCUT2D eigenvalue weighted by atomic mass is 14.9. The van der Waals surface area contributed by atoms with E-state index in [0.717, 1.165) is 17.8 Å². The minimum atomic E-state index is 0.182. The van der Waals surface area contributed by atoms with Gasteiger partial charge in [-0.2, -0.15) is 0 Å². The Bertz CT molecular complexity index is 405. The van der Waals surface area contributed by atoms with Gasteiger partial charge in [0.2, 0.25) is 0 Å². The van der Waals surface area contributed by atoms with Gasteiger partial charge in [0, 0.05) is 5.54 Å². The van der Waals surface area contributed by atoms with Crippen LogP contribution in [-0.2, 0) is 0 Å². The lowest BCUT2D eigenvalue weighted by Crippen LogP contribution is -2.65. The Morgan fingerprint density at radius 3 is 2.45 bits per heavy atom. The van der Waals surface area contributed by atoms with Crippen LogP contribution in [0.25, 0.3) is 0 Å². The molecule has 0 saturated heterocycles. The molecule has 20 heavy (non-hydrogen) atoms. The molecule has 0 bridgehead atoms. The third-order valence-corrected chi connectivity index (χ3v) is 8.72. The third-order valence-electron chi connectivity index (χ3n) is 8.72. The molecule has 0 aromatic carbocycles. The van der Waals surface area contributed by atoms with E-state index in [1.165, 1.54) is 70.6 Å². The molecule has 4 fully saturated rings. The monoisotopic (exact) mass is 275 g/mol. The van der Waals surface area contributed by atoms with Gasteiger partial charge in [0.05, 0.1) is 0 Å². The van der Waals surface area contributed by atoms with E-state index in [1.54, 1.807) is 0 Å². The number of hydrogen-bond donors (Lipinski definition) is 1. The van der Waals surface area contributed by atoms with Crippen molar-refractivity contribution in [3.05, 3.63) is 0 Å². The van der Waals surface area contributed by atoms with Gasteiger partial charge in [0.1, 0.15) is 0 Å². The zero-order valence-corrected chi connectivity index (χ0v) is 13.6. The molecule has 0 amide bonds. The minimum Gasteiger partial charge on any atom is -0.324 e. The Morgan fingerprint density at radius 1 is 0.750 bits per heavy atom. The van der Waals surface area contributed by atoms with Crippen LogP contribution in [0.4, 0.5) is 0 Å². The summed E-state index contributed by atoms with van der Waals surface area (Å²) >= 11 is 0. The number of hydrogen-bond acceptors (Lipinski definition) is 1. The normalized spacial score (nSPS) is 58.6. The van der Waals surface area contributed by atoms with Gasteiger partial charge in [-0.15, -0.1) is 0 Å². The molecule has 6 atom stereocenters. The lowest BCUT2D eigenvalue weighted by Gasteiger charge is -2.63. The maximum atomic E-state index is 7.13. The summed E-state index contributed by atoms with van der Waals surface area (Å²) in [5.41, 5.74) is 8.42. The molecule has 4 aliphatic carbocycles. The second-order valence-electron chi connectivity index (χ2n) is 9.23. The first-order valence-corrected chi connectivity index (χ1v) is 9.29. The second-order valence-corrected chi connectivity index (χ2v) is 9.23. The highest BCUT2D eigenvalue weighted by Crippen LogP contribution is 2.66. The largest absolute Gasteiger partial charge is 0.324 e. The third kappa shape index (κ3) is 1.54. The molecule has 0 aromatic rings. The summed E-state index contributed by atoms with van der Waals surface area (Å²) in [6.07, 6.45) is 15.9. The van der Waals surface area contributed by atoms with Gasteiger partial charge in [-0.25, -0.2) is 0 Å². The van der Waals surface area contributed by atoms with Crippen LogP contribution in [0, 0.1) is 28.6 Å². The Morgan fingerprint density at radius 2 is 1.60 bits per heavy atom. The summed E-state index contributed by atoms with van der Waals surface area (Å²) in [6.45, 7) is 5.17. The summed E-state index contributed by atoms with van der Waals surface area (Å²) < 4.78 is 0. The van der Waals surface area contributed by atoms with Crippen LogP contribution >= 0.6 is 0 Å². The Kier molecular flexibility index (Phi) is 2.89. The van der Waals surface area contributed by atoms with E-state index in [1.807, 2.05) is 0 Å². The molecule has 4 aliphatic rings. The molecule has 114 valence electrons. The molecule has 0 aliphatic heterocycles. The molecule has 1 unspecified atom stereocenters. The predicted octanol–water partition coefficient (Wildman–Crippen LogP) is 4.89. The predicted molar refractivity (Wildman–Crippen MR) is 84.4 cm³/mol. The van der Waals surface area contributed by atoms with E-state index in [0.29, 0.717) is 10.8 Å². The standard InChI is InChI=1S/C19H33N/c1-17-10-5-12-19(17,20)16-8-7-14-6-3-4-11-18(14,2)15(16)9-13-17/h14-16H,3-13,20H2,1-2H3/t14?,15-,16+,17-,18-,19+/m0/s1. The first-order valence-electron chi connectivity index (χ1n) is 9.29. The van der Waals surface area contributed by atoms with Gasteiger partial charge in [-0.05, 0) is 80.0 Å². The summed E-state index contributed by atoms with van der Waals surface area (Å²) in [5, 5.41) is 0. The van der Waals surface area contributed by atoms with Crippen LogP contribution in [0.2, 0.25) is 0 Å². The van der Waals surface area contributed by atoms with Crippen LogP contribution in [0.1, 0.15) is 84.5 Å². The molecule has 4 rings (SSSR count). The van der Waals surface area contributed by atoms with E-state index in [4.69, 9.17) is 5.73 Å². The van der Waals surface area contributed by atoms with Crippen molar-refractivity contribution in [2.45, 2.75) is 90.0 Å². The minimum absolute atomic E-state index is 0.182. The molecular weight excluding hydrogens is 242 g/mol. The smallest absolute Gasteiger partial charge is 0.0240 e. The molecule has 0 heterocycles.